The number of aryl methyl sites for hydroxylation is 1. The van der Waals surface area contributed by atoms with Crippen LogP contribution in [0.5, 0.6) is 0 Å². The molecular weight excluding hydrogens is 366 g/mol. The molecule has 0 aliphatic heterocycles. The Bertz CT molecular complexity index is 770. The summed E-state index contributed by atoms with van der Waals surface area (Å²) in [5, 5.41) is 8.60. The zero-order valence-corrected chi connectivity index (χ0v) is 16.8. The van der Waals surface area contributed by atoms with E-state index >= 15 is 0 Å². The number of benzene rings is 1. The quantitative estimate of drug-likeness (QED) is 0.465. The molecule has 1 aromatic carbocycles. The van der Waals surface area contributed by atoms with Crippen molar-refractivity contribution in [3.63, 3.8) is 0 Å². The Kier molecular flexibility index (Phi) is 6.90. The van der Waals surface area contributed by atoms with E-state index in [0.717, 1.165) is 26.6 Å². The highest BCUT2D eigenvalue weighted by Gasteiger charge is 2.07. The highest BCUT2D eigenvalue weighted by molar-refractivity contribution is 8.02. The van der Waals surface area contributed by atoms with Gasteiger partial charge in [-0.15, -0.1) is 10.2 Å². The molecule has 130 valence electrons. The van der Waals surface area contributed by atoms with Gasteiger partial charge in [-0.2, -0.15) is 0 Å². The molecule has 0 spiro atoms. The maximum Gasteiger partial charge on any atom is 0.175 e. The molecule has 3 rings (SSSR count). The first-order chi connectivity index (χ1) is 12.2. The van der Waals surface area contributed by atoms with E-state index in [1.807, 2.05) is 12.4 Å². The van der Waals surface area contributed by atoms with Crippen LogP contribution >= 0.6 is 34.9 Å². The molecule has 3 aromatic rings. The van der Waals surface area contributed by atoms with Crippen LogP contribution < -0.4 is 0 Å². The molecular formula is C19H21N3S3. The number of nitrogens with zero attached hydrogens (tertiary/aromatic N) is 3. The molecule has 25 heavy (non-hydrogen) atoms. The first-order valence-corrected chi connectivity index (χ1v) is 11.1. The molecule has 0 radical (unpaired) electrons. The highest BCUT2D eigenvalue weighted by atomic mass is 32.2. The zero-order valence-electron chi connectivity index (χ0n) is 14.4. The smallest absolute Gasteiger partial charge is 0.175 e. The number of rotatable bonds is 8. The van der Waals surface area contributed by atoms with Crippen LogP contribution in [-0.2, 0) is 12.2 Å². The monoisotopic (exact) mass is 387 g/mol. The van der Waals surface area contributed by atoms with E-state index < -0.39 is 0 Å². The number of pyridine rings is 1. The SMILES string of the molecule is CC(C)c1ccc(CSc2nnc(SCCc3ccncc3)s2)cc1. The van der Waals surface area contributed by atoms with Crippen molar-refractivity contribution in [2.75, 3.05) is 5.75 Å². The summed E-state index contributed by atoms with van der Waals surface area (Å²) in [7, 11) is 0. The van der Waals surface area contributed by atoms with Crippen LogP contribution in [0.15, 0.2) is 57.5 Å². The number of hydrogen-bond acceptors (Lipinski definition) is 6. The Labute approximate surface area is 161 Å². The van der Waals surface area contributed by atoms with Crippen molar-refractivity contribution < 1.29 is 0 Å². The molecule has 0 bridgehead atoms. The summed E-state index contributed by atoms with van der Waals surface area (Å²) in [4.78, 5) is 4.04. The van der Waals surface area contributed by atoms with Crippen molar-refractivity contribution >= 4 is 34.9 Å². The van der Waals surface area contributed by atoms with Crippen LogP contribution in [0.25, 0.3) is 0 Å². The fraction of sp³-hybridized carbons (Fsp3) is 0.316. The van der Waals surface area contributed by atoms with E-state index in [0.29, 0.717) is 5.92 Å². The lowest BCUT2D eigenvalue weighted by Crippen LogP contribution is -1.88. The third kappa shape index (κ3) is 5.83. The Morgan fingerprint density at radius 2 is 1.56 bits per heavy atom. The van der Waals surface area contributed by atoms with E-state index in [1.165, 1.54) is 16.7 Å². The highest BCUT2D eigenvalue weighted by Crippen LogP contribution is 2.31. The fourth-order valence-electron chi connectivity index (χ4n) is 2.26. The summed E-state index contributed by atoms with van der Waals surface area (Å²) in [6.45, 7) is 4.44. The molecule has 0 aliphatic rings. The Morgan fingerprint density at radius 3 is 2.24 bits per heavy atom. The first-order valence-electron chi connectivity index (χ1n) is 8.27. The Morgan fingerprint density at radius 1 is 0.880 bits per heavy atom. The Hall–Kier alpha value is -1.37. The third-order valence-corrected chi connectivity index (χ3v) is 7.03. The maximum absolute atomic E-state index is 4.30. The van der Waals surface area contributed by atoms with Gasteiger partial charge in [-0.3, -0.25) is 4.98 Å². The van der Waals surface area contributed by atoms with Crippen LogP contribution in [0.1, 0.15) is 36.5 Å². The van der Waals surface area contributed by atoms with Gasteiger partial charge in [0.25, 0.3) is 0 Å². The summed E-state index contributed by atoms with van der Waals surface area (Å²) in [5.74, 6) is 2.53. The predicted octanol–water partition coefficient (Wildman–Crippen LogP) is 5.68. The predicted molar refractivity (Wildman–Crippen MR) is 109 cm³/mol. The van der Waals surface area contributed by atoms with Gasteiger partial charge in [-0.05, 0) is 41.2 Å². The van der Waals surface area contributed by atoms with Crippen LogP contribution in [0.2, 0.25) is 0 Å². The molecule has 0 unspecified atom stereocenters. The fourth-order valence-corrected chi connectivity index (χ4v) is 5.30. The minimum Gasteiger partial charge on any atom is -0.265 e. The van der Waals surface area contributed by atoms with Gasteiger partial charge in [0, 0.05) is 23.9 Å². The Balaban J connectivity index is 1.45. The molecule has 3 nitrogen and oxygen atoms in total. The molecule has 0 amide bonds. The van der Waals surface area contributed by atoms with E-state index in [1.54, 1.807) is 34.9 Å². The van der Waals surface area contributed by atoms with Crippen LogP contribution in [0.4, 0.5) is 0 Å². The number of aromatic nitrogens is 3. The van der Waals surface area contributed by atoms with Crippen LogP contribution in [0.3, 0.4) is 0 Å². The summed E-state index contributed by atoms with van der Waals surface area (Å²) in [5.41, 5.74) is 4.03. The van der Waals surface area contributed by atoms with Gasteiger partial charge < -0.3 is 0 Å². The van der Waals surface area contributed by atoms with Crippen molar-refractivity contribution in [2.45, 2.75) is 40.6 Å². The standard InChI is InChI=1S/C19H21N3S3/c1-14(2)17-5-3-16(4-6-17)13-24-19-22-21-18(25-19)23-12-9-15-7-10-20-11-8-15/h3-8,10-11,14H,9,12-13H2,1-2H3. The second-order valence-corrected chi connectivity index (χ2v) is 9.51. The molecule has 0 fully saturated rings. The molecule has 0 atom stereocenters. The first kappa shape index (κ1) is 18.4. The normalized spacial score (nSPS) is 11.2. The average Bonchev–Trinajstić information content (AvgIpc) is 3.09. The molecule has 0 aliphatic carbocycles. The molecule has 0 N–H and O–H groups in total. The van der Waals surface area contributed by atoms with Gasteiger partial charge in [0.2, 0.25) is 0 Å². The average molecular weight is 388 g/mol. The van der Waals surface area contributed by atoms with E-state index in [2.05, 4.69) is 65.4 Å². The lowest BCUT2D eigenvalue weighted by molar-refractivity contribution is 0.866. The van der Waals surface area contributed by atoms with Crippen LogP contribution in [-0.4, -0.2) is 20.9 Å². The molecule has 0 saturated carbocycles. The molecule has 6 heteroatoms. The van der Waals surface area contributed by atoms with E-state index in [-0.39, 0.29) is 0 Å². The molecule has 0 saturated heterocycles. The van der Waals surface area contributed by atoms with Crippen molar-refractivity contribution in [1.29, 1.82) is 0 Å². The van der Waals surface area contributed by atoms with Gasteiger partial charge in [0.15, 0.2) is 8.68 Å². The third-order valence-electron chi connectivity index (χ3n) is 3.76. The topological polar surface area (TPSA) is 38.7 Å². The molecule has 2 heterocycles. The zero-order chi connectivity index (χ0) is 17.5. The summed E-state index contributed by atoms with van der Waals surface area (Å²) in [6.07, 6.45) is 4.71. The summed E-state index contributed by atoms with van der Waals surface area (Å²) in [6, 6.07) is 13.0. The lowest BCUT2D eigenvalue weighted by atomic mass is 10.0. The minimum absolute atomic E-state index is 0.580. The second kappa shape index (κ2) is 9.36. The van der Waals surface area contributed by atoms with Crippen LogP contribution in [0, 0.1) is 0 Å². The lowest BCUT2D eigenvalue weighted by Gasteiger charge is -2.05. The van der Waals surface area contributed by atoms with Crippen molar-refractivity contribution in [3.8, 4) is 0 Å². The largest absolute Gasteiger partial charge is 0.265 e. The molecule has 2 aromatic heterocycles. The maximum atomic E-state index is 4.30. The van der Waals surface area contributed by atoms with Crippen molar-refractivity contribution in [3.05, 3.63) is 65.5 Å². The van der Waals surface area contributed by atoms with Gasteiger partial charge >= 0.3 is 0 Å². The summed E-state index contributed by atoms with van der Waals surface area (Å²) >= 11 is 5.22. The van der Waals surface area contributed by atoms with Crippen molar-refractivity contribution in [1.82, 2.24) is 15.2 Å². The van der Waals surface area contributed by atoms with Crippen molar-refractivity contribution in [2.24, 2.45) is 0 Å². The van der Waals surface area contributed by atoms with Gasteiger partial charge in [0.05, 0.1) is 0 Å². The van der Waals surface area contributed by atoms with Gasteiger partial charge in [-0.1, -0.05) is 73.0 Å². The number of hydrogen-bond donors (Lipinski definition) is 0. The van der Waals surface area contributed by atoms with Gasteiger partial charge in [-0.25, -0.2) is 0 Å². The van der Waals surface area contributed by atoms with E-state index in [4.69, 9.17) is 0 Å². The van der Waals surface area contributed by atoms with Gasteiger partial charge in [0.1, 0.15) is 0 Å². The number of thioether (sulfide) groups is 2. The minimum atomic E-state index is 0.580. The summed E-state index contributed by atoms with van der Waals surface area (Å²) < 4.78 is 2.09. The van der Waals surface area contributed by atoms with E-state index in [9.17, 15) is 0 Å². The second-order valence-electron chi connectivity index (χ2n) is 5.97.